The average molecular weight is 409 g/mol. The largest absolute Gasteiger partial charge is 0.335 e. The van der Waals surface area contributed by atoms with Gasteiger partial charge in [0.05, 0.1) is 0 Å². The number of benzene rings is 2. The van der Waals surface area contributed by atoms with Gasteiger partial charge in [0.25, 0.3) is 0 Å². The third-order valence-electron chi connectivity index (χ3n) is 5.18. The van der Waals surface area contributed by atoms with E-state index in [9.17, 15) is 14.4 Å². The monoisotopic (exact) mass is 408 g/mol. The minimum Gasteiger partial charge on any atom is -0.335 e. The van der Waals surface area contributed by atoms with Gasteiger partial charge in [0.2, 0.25) is 5.91 Å². The zero-order chi connectivity index (χ0) is 21.3. The van der Waals surface area contributed by atoms with Gasteiger partial charge in [-0.2, -0.15) is 0 Å². The van der Waals surface area contributed by atoms with Crippen molar-refractivity contribution in [2.45, 2.75) is 32.2 Å². The Balaban J connectivity index is 1.33. The molecule has 0 aromatic heterocycles. The standard InChI is InChI=1S/C23H28N4O3/c1-17(28)18-7-9-20(10-8-18)24-22(29)13-16-27-14-11-21(12-15-27)26-23(30)25-19-5-3-2-4-6-19/h2-10,21H,11-16H2,1H3,(H,24,29)(H2,25,26,30). The number of para-hydroxylation sites is 1. The average Bonchev–Trinajstić information content (AvgIpc) is 2.74. The van der Waals surface area contributed by atoms with E-state index in [0.29, 0.717) is 24.2 Å². The van der Waals surface area contributed by atoms with Crippen LogP contribution in [0, 0.1) is 0 Å². The van der Waals surface area contributed by atoms with Gasteiger partial charge in [0.15, 0.2) is 5.78 Å². The summed E-state index contributed by atoms with van der Waals surface area (Å²) in [6.07, 6.45) is 2.12. The Hall–Kier alpha value is -3.19. The summed E-state index contributed by atoms with van der Waals surface area (Å²) < 4.78 is 0. The maximum absolute atomic E-state index is 12.2. The van der Waals surface area contributed by atoms with Crippen molar-refractivity contribution >= 4 is 29.1 Å². The van der Waals surface area contributed by atoms with Crippen LogP contribution in [0.5, 0.6) is 0 Å². The molecule has 0 spiro atoms. The Morgan fingerprint density at radius 2 is 1.53 bits per heavy atom. The summed E-state index contributed by atoms with van der Waals surface area (Å²) in [5.74, 6) is -0.0450. The highest BCUT2D eigenvalue weighted by Gasteiger charge is 2.21. The summed E-state index contributed by atoms with van der Waals surface area (Å²) in [7, 11) is 0. The number of rotatable bonds is 7. The molecule has 30 heavy (non-hydrogen) atoms. The van der Waals surface area contributed by atoms with Crippen LogP contribution >= 0.6 is 0 Å². The number of amides is 3. The third kappa shape index (κ3) is 6.70. The summed E-state index contributed by atoms with van der Waals surface area (Å²) in [6, 6.07) is 16.2. The van der Waals surface area contributed by atoms with Gasteiger partial charge >= 0.3 is 6.03 Å². The van der Waals surface area contributed by atoms with Crippen LogP contribution < -0.4 is 16.0 Å². The number of carbonyl (C=O) groups is 3. The van der Waals surface area contributed by atoms with Crippen LogP contribution in [-0.2, 0) is 4.79 Å². The molecule has 1 aliphatic rings. The highest BCUT2D eigenvalue weighted by atomic mass is 16.2. The lowest BCUT2D eigenvalue weighted by molar-refractivity contribution is -0.116. The molecule has 0 aliphatic carbocycles. The van der Waals surface area contributed by atoms with E-state index in [0.717, 1.165) is 31.6 Å². The zero-order valence-electron chi connectivity index (χ0n) is 17.2. The van der Waals surface area contributed by atoms with E-state index in [1.54, 1.807) is 24.3 Å². The molecule has 1 heterocycles. The van der Waals surface area contributed by atoms with E-state index in [2.05, 4.69) is 20.9 Å². The highest BCUT2D eigenvalue weighted by molar-refractivity contribution is 5.95. The lowest BCUT2D eigenvalue weighted by Gasteiger charge is -2.32. The first-order valence-corrected chi connectivity index (χ1v) is 10.3. The highest BCUT2D eigenvalue weighted by Crippen LogP contribution is 2.13. The number of anilines is 2. The van der Waals surface area contributed by atoms with Crippen LogP contribution in [0.3, 0.4) is 0 Å². The smallest absolute Gasteiger partial charge is 0.319 e. The molecule has 0 unspecified atom stereocenters. The molecular weight excluding hydrogens is 380 g/mol. The molecule has 7 nitrogen and oxygen atoms in total. The Bertz CT molecular complexity index is 860. The van der Waals surface area contributed by atoms with Gasteiger partial charge in [-0.1, -0.05) is 18.2 Å². The molecule has 2 aromatic rings. The van der Waals surface area contributed by atoms with E-state index in [1.807, 2.05) is 30.3 Å². The van der Waals surface area contributed by atoms with E-state index in [1.165, 1.54) is 6.92 Å². The Labute approximate surface area is 176 Å². The molecule has 3 rings (SSSR count). The molecule has 7 heteroatoms. The van der Waals surface area contributed by atoms with Gasteiger partial charge < -0.3 is 20.9 Å². The van der Waals surface area contributed by atoms with Crippen LogP contribution in [0.1, 0.15) is 36.5 Å². The quantitative estimate of drug-likeness (QED) is 0.612. The van der Waals surface area contributed by atoms with Gasteiger partial charge in [0, 0.05) is 49.0 Å². The van der Waals surface area contributed by atoms with Crippen molar-refractivity contribution in [2.75, 3.05) is 30.3 Å². The van der Waals surface area contributed by atoms with Crippen molar-refractivity contribution in [3.63, 3.8) is 0 Å². The van der Waals surface area contributed by atoms with Crippen molar-refractivity contribution in [3.05, 3.63) is 60.2 Å². The molecule has 158 valence electrons. The lowest BCUT2D eigenvalue weighted by Crippen LogP contribution is -2.46. The predicted octanol–water partition coefficient (Wildman–Crippen LogP) is 3.50. The zero-order valence-corrected chi connectivity index (χ0v) is 17.2. The Kier molecular flexibility index (Phi) is 7.57. The number of likely N-dealkylation sites (tertiary alicyclic amines) is 1. The fourth-order valence-corrected chi connectivity index (χ4v) is 3.45. The van der Waals surface area contributed by atoms with Gasteiger partial charge in [-0.3, -0.25) is 9.59 Å². The number of nitrogens with one attached hydrogen (secondary N) is 3. The van der Waals surface area contributed by atoms with Crippen LogP contribution in [-0.4, -0.2) is 48.3 Å². The Morgan fingerprint density at radius 3 is 2.17 bits per heavy atom. The lowest BCUT2D eigenvalue weighted by atomic mass is 10.1. The number of piperidine rings is 1. The molecule has 3 amide bonds. The number of hydrogen-bond donors (Lipinski definition) is 3. The molecule has 1 aliphatic heterocycles. The first-order valence-electron chi connectivity index (χ1n) is 10.3. The third-order valence-corrected chi connectivity index (χ3v) is 5.18. The second-order valence-electron chi connectivity index (χ2n) is 7.51. The SMILES string of the molecule is CC(=O)c1ccc(NC(=O)CCN2CCC(NC(=O)Nc3ccccc3)CC2)cc1. The van der Waals surface area contributed by atoms with Gasteiger partial charge in [-0.05, 0) is 56.2 Å². The van der Waals surface area contributed by atoms with Crippen LogP contribution in [0.4, 0.5) is 16.2 Å². The molecule has 1 saturated heterocycles. The van der Waals surface area contributed by atoms with Crippen molar-refractivity contribution in [3.8, 4) is 0 Å². The minimum atomic E-state index is -0.185. The first-order chi connectivity index (χ1) is 14.5. The summed E-state index contributed by atoms with van der Waals surface area (Å²) in [4.78, 5) is 37.8. The van der Waals surface area contributed by atoms with Crippen molar-refractivity contribution in [2.24, 2.45) is 0 Å². The van der Waals surface area contributed by atoms with E-state index < -0.39 is 0 Å². The van der Waals surface area contributed by atoms with Crippen molar-refractivity contribution in [1.82, 2.24) is 10.2 Å². The number of nitrogens with zero attached hydrogens (tertiary/aromatic N) is 1. The number of carbonyl (C=O) groups excluding carboxylic acids is 3. The van der Waals surface area contributed by atoms with Gasteiger partial charge in [-0.15, -0.1) is 0 Å². The molecule has 1 fully saturated rings. The van der Waals surface area contributed by atoms with Crippen molar-refractivity contribution in [1.29, 1.82) is 0 Å². The summed E-state index contributed by atoms with van der Waals surface area (Å²) in [5.41, 5.74) is 2.09. The normalized spacial score (nSPS) is 14.7. The minimum absolute atomic E-state index is 0.00307. The fourth-order valence-electron chi connectivity index (χ4n) is 3.45. The van der Waals surface area contributed by atoms with Crippen LogP contribution in [0.25, 0.3) is 0 Å². The van der Waals surface area contributed by atoms with Crippen LogP contribution in [0.15, 0.2) is 54.6 Å². The molecule has 0 atom stereocenters. The summed E-state index contributed by atoms with van der Waals surface area (Å²) >= 11 is 0. The molecule has 3 N–H and O–H groups in total. The Morgan fingerprint density at radius 1 is 0.900 bits per heavy atom. The van der Waals surface area contributed by atoms with Crippen LogP contribution in [0.2, 0.25) is 0 Å². The number of hydrogen-bond acceptors (Lipinski definition) is 4. The number of ketones is 1. The summed E-state index contributed by atoms with van der Waals surface area (Å²) in [5, 5.41) is 8.72. The molecule has 0 radical (unpaired) electrons. The van der Waals surface area contributed by atoms with Gasteiger partial charge in [0.1, 0.15) is 0 Å². The number of Topliss-reactive ketones (excluding diaryl/α,β-unsaturated/α-hetero) is 1. The molecule has 0 bridgehead atoms. The van der Waals surface area contributed by atoms with E-state index in [-0.39, 0.29) is 23.8 Å². The van der Waals surface area contributed by atoms with Crippen molar-refractivity contribution < 1.29 is 14.4 Å². The van der Waals surface area contributed by atoms with E-state index in [4.69, 9.17) is 0 Å². The van der Waals surface area contributed by atoms with Gasteiger partial charge in [-0.25, -0.2) is 4.79 Å². The fraction of sp³-hybridized carbons (Fsp3) is 0.348. The maximum atomic E-state index is 12.2. The molecular formula is C23H28N4O3. The first kappa shape index (κ1) is 21.5. The second-order valence-corrected chi connectivity index (χ2v) is 7.51. The topological polar surface area (TPSA) is 90.5 Å². The second kappa shape index (κ2) is 10.5. The maximum Gasteiger partial charge on any atom is 0.319 e. The number of urea groups is 1. The predicted molar refractivity (Wildman–Crippen MR) is 118 cm³/mol. The summed E-state index contributed by atoms with van der Waals surface area (Å²) in [6.45, 7) is 3.88. The molecule has 0 saturated carbocycles. The van der Waals surface area contributed by atoms with E-state index >= 15 is 0 Å². The molecule has 2 aromatic carbocycles.